The highest BCUT2D eigenvalue weighted by Gasteiger charge is 2.65. The predicted octanol–water partition coefficient (Wildman–Crippen LogP) is 4.05. The van der Waals surface area contributed by atoms with Crippen LogP contribution in [-0.4, -0.2) is 11.1 Å². The van der Waals surface area contributed by atoms with Crippen molar-refractivity contribution in [1.29, 1.82) is 5.26 Å². The van der Waals surface area contributed by atoms with E-state index in [1.54, 1.807) is 0 Å². The van der Waals surface area contributed by atoms with Crippen LogP contribution in [0.3, 0.4) is 0 Å². The van der Waals surface area contributed by atoms with Crippen molar-refractivity contribution in [1.82, 2.24) is 5.32 Å². The Morgan fingerprint density at radius 2 is 1.89 bits per heavy atom. The minimum absolute atomic E-state index is 0.0306. The van der Waals surface area contributed by atoms with Crippen LogP contribution in [0.15, 0.2) is 28.7 Å². The van der Waals surface area contributed by atoms with E-state index in [4.69, 9.17) is 0 Å². The summed E-state index contributed by atoms with van der Waals surface area (Å²) in [7, 11) is 0. The van der Waals surface area contributed by atoms with Crippen molar-refractivity contribution in [2.45, 2.75) is 51.6 Å². The van der Waals surface area contributed by atoms with Gasteiger partial charge in [0.25, 0.3) is 0 Å². The normalized spacial score (nSPS) is 29.9. The van der Waals surface area contributed by atoms with Crippen LogP contribution in [0.25, 0.3) is 0 Å². The average Bonchev–Trinajstić information content (AvgIpc) is 2.84. The van der Waals surface area contributed by atoms with Crippen molar-refractivity contribution in [3.8, 4) is 6.07 Å². The minimum atomic E-state index is -0.377. The zero-order valence-electron chi connectivity index (χ0n) is 12.0. The van der Waals surface area contributed by atoms with E-state index >= 15 is 0 Å². The summed E-state index contributed by atoms with van der Waals surface area (Å²) in [6.45, 7) is 8.55. The summed E-state index contributed by atoms with van der Waals surface area (Å²) >= 11 is 3.45. The Bertz CT molecular complexity index is 509. The van der Waals surface area contributed by atoms with Crippen LogP contribution in [-0.2, 0) is 6.42 Å². The Labute approximate surface area is 124 Å². The van der Waals surface area contributed by atoms with Crippen LogP contribution in [0.1, 0.15) is 39.7 Å². The van der Waals surface area contributed by atoms with Gasteiger partial charge in [-0.1, -0.05) is 35.0 Å². The van der Waals surface area contributed by atoms with Gasteiger partial charge < -0.3 is 0 Å². The Balaban J connectivity index is 2.13. The standard InChI is InChI=1S/C16H21BrN2/c1-14(2,3)19-16(11-18)10-15(16,4)9-12-5-7-13(17)8-6-12/h5-8,19H,9-10H2,1-4H3/t15-,16-/m1/s1. The number of halogens is 1. The molecule has 0 amide bonds. The first-order valence-electron chi connectivity index (χ1n) is 6.65. The molecule has 0 spiro atoms. The van der Waals surface area contributed by atoms with Crippen LogP contribution >= 0.6 is 15.9 Å². The molecular weight excluding hydrogens is 300 g/mol. The van der Waals surface area contributed by atoms with Crippen LogP contribution < -0.4 is 5.32 Å². The number of nitriles is 1. The first-order valence-corrected chi connectivity index (χ1v) is 7.44. The fourth-order valence-electron chi connectivity index (χ4n) is 2.84. The second-order valence-corrected chi connectivity index (χ2v) is 7.85. The van der Waals surface area contributed by atoms with Crippen LogP contribution in [0.2, 0.25) is 0 Å². The number of rotatable bonds is 3. The van der Waals surface area contributed by atoms with E-state index in [9.17, 15) is 5.26 Å². The molecule has 102 valence electrons. The average molecular weight is 321 g/mol. The van der Waals surface area contributed by atoms with Gasteiger partial charge in [-0.25, -0.2) is 0 Å². The first-order chi connectivity index (χ1) is 8.70. The van der Waals surface area contributed by atoms with Crippen molar-refractivity contribution in [2.75, 3.05) is 0 Å². The maximum Gasteiger partial charge on any atom is 0.113 e. The van der Waals surface area contributed by atoms with Crippen molar-refractivity contribution in [2.24, 2.45) is 5.41 Å². The van der Waals surface area contributed by atoms with Crippen LogP contribution in [0, 0.1) is 16.7 Å². The van der Waals surface area contributed by atoms with E-state index in [-0.39, 0.29) is 16.5 Å². The van der Waals surface area contributed by atoms with Crippen molar-refractivity contribution in [3.63, 3.8) is 0 Å². The van der Waals surface area contributed by atoms with Crippen molar-refractivity contribution < 1.29 is 0 Å². The third kappa shape index (κ3) is 3.01. The molecular formula is C16H21BrN2. The van der Waals surface area contributed by atoms with Gasteiger partial charge in [-0.15, -0.1) is 0 Å². The molecule has 0 heterocycles. The lowest BCUT2D eigenvalue weighted by Gasteiger charge is -2.28. The van der Waals surface area contributed by atoms with Gasteiger partial charge in [-0.2, -0.15) is 5.26 Å². The highest BCUT2D eigenvalue weighted by molar-refractivity contribution is 9.10. The molecule has 0 saturated heterocycles. The monoisotopic (exact) mass is 320 g/mol. The molecule has 2 atom stereocenters. The number of nitrogens with zero attached hydrogens (tertiary/aromatic N) is 1. The summed E-state index contributed by atoms with van der Waals surface area (Å²) in [4.78, 5) is 0. The lowest BCUT2D eigenvalue weighted by Crippen LogP contribution is -2.47. The molecule has 0 bridgehead atoms. The lowest BCUT2D eigenvalue weighted by atomic mass is 9.92. The highest BCUT2D eigenvalue weighted by atomic mass is 79.9. The van der Waals surface area contributed by atoms with E-state index in [0.29, 0.717) is 0 Å². The van der Waals surface area contributed by atoms with Gasteiger partial charge in [0.2, 0.25) is 0 Å². The maximum absolute atomic E-state index is 9.56. The molecule has 19 heavy (non-hydrogen) atoms. The van der Waals surface area contributed by atoms with E-state index < -0.39 is 0 Å². The second-order valence-electron chi connectivity index (χ2n) is 6.93. The van der Waals surface area contributed by atoms with Crippen LogP contribution in [0.4, 0.5) is 0 Å². The van der Waals surface area contributed by atoms with E-state index in [2.05, 4.69) is 79.3 Å². The molecule has 1 aliphatic carbocycles. The molecule has 1 fully saturated rings. The van der Waals surface area contributed by atoms with Gasteiger partial charge in [0.1, 0.15) is 5.54 Å². The van der Waals surface area contributed by atoms with Gasteiger partial charge in [0.15, 0.2) is 0 Å². The molecule has 2 nitrogen and oxygen atoms in total. The van der Waals surface area contributed by atoms with Crippen molar-refractivity contribution in [3.05, 3.63) is 34.3 Å². The van der Waals surface area contributed by atoms with Gasteiger partial charge >= 0.3 is 0 Å². The first kappa shape index (κ1) is 14.6. The predicted molar refractivity (Wildman–Crippen MR) is 81.8 cm³/mol. The second kappa shape index (κ2) is 4.61. The third-order valence-corrected chi connectivity index (χ3v) is 4.38. The molecule has 0 radical (unpaired) electrons. The Morgan fingerprint density at radius 1 is 1.32 bits per heavy atom. The fraction of sp³-hybridized carbons (Fsp3) is 0.562. The molecule has 1 aromatic carbocycles. The smallest absolute Gasteiger partial charge is 0.113 e. The van der Waals surface area contributed by atoms with Crippen LogP contribution in [0.5, 0.6) is 0 Å². The minimum Gasteiger partial charge on any atom is -0.294 e. The topological polar surface area (TPSA) is 35.8 Å². The summed E-state index contributed by atoms with van der Waals surface area (Å²) in [5, 5.41) is 13.1. The molecule has 0 unspecified atom stereocenters. The molecule has 1 aromatic rings. The Kier molecular flexibility index (Phi) is 3.53. The van der Waals surface area contributed by atoms with Crippen molar-refractivity contribution >= 4 is 15.9 Å². The van der Waals surface area contributed by atoms with E-state index in [1.165, 1.54) is 5.56 Å². The number of hydrogen-bond acceptors (Lipinski definition) is 2. The van der Waals surface area contributed by atoms with Gasteiger partial charge in [-0.05, 0) is 51.3 Å². The third-order valence-electron chi connectivity index (χ3n) is 3.85. The summed E-state index contributed by atoms with van der Waals surface area (Å²) < 4.78 is 1.09. The number of hydrogen-bond donors (Lipinski definition) is 1. The summed E-state index contributed by atoms with van der Waals surface area (Å²) in [5.41, 5.74) is 0.910. The quantitative estimate of drug-likeness (QED) is 0.911. The van der Waals surface area contributed by atoms with Gasteiger partial charge in [-0.3, -0.25) is 5.32 Å². The maximum atomic E-state index is 9.56. The lowest BCUT2D eigenvalue weighted by molar-refractivity contribution is 0.334. The summed E-state index contributed by atoms with van der Waals surface area (Å²) in [6.07, 6.45) is 1.86. The highest BCUT2D eigenvalue weighted by Crippen LogP contribution is 2.58. The van der Waals surface area contributed by atoms with Gasteiger partial charge in [0, 0.05) is 15.4 Å². The molecule has 2 rings (SSSR count). The zero-order valence-corrected chi connectivity index (χ0v) is 13.6. The molecule has 1 saturated carbocycles. The largest absolute Gasteiger partial charge is 0.294 e. The summed E-state index contributed by atoms with van der Waals surface area (Å²) in [5.74, 6) is 0. The molecule has 1 N–H and O–H groups in total. The SMILES string of the molecule is CC(C)(C)N[C@@]1(C#N)C[C@@]1(C)Cc1ccc(Br)cc1. The zero-order chi connectivity index (χ0) is 14.3. The molecule has 1 aliphatic rings. The number of benzene rings is 1. The van der Waals surface area contributed by atoms with E-state index in [1.807, 2.05) is 0 Å². The molecule has 0 aromatic heterocycles. The summed E-state index contributed by atoms with van der Waals surface area (Å²) in [6, 6.07) is 10.9. The van der Waals surface area contributed by atoms with Gasteiger partial charge in [0.05, 0.1) is 6.07 Å². The molecule has 3 heteroatoms. The van der Waals surface area contributed by atoms with E-state index in [0.717, 1.165) is 17.3 Å². The fourth-order valence-corrected chi connectivity index (χ4v) is 3.11. The molecule has 0 aliphatic heterocycles. The Hall–Kier alpha value is -0.850. The number of nitrogens with one attached hydrogen (secondary N) is 1. The Morgan fingerprint density at radius 3 is 2.37 bits per heavy atom.